The van der Waals surface area contributed by atoms with Gasteiger partial charge in [-0.1, -0.05) is 23.5 Å². The average molecular weight is 372 g/mol. The summed E-state index contributed by atoms with van der Waals surface area (Å²) in [6.45, 7) is 8.13. The number of hydrogen-bond donors (Lipinski definition) is 0. The van der Waals surface area contributed by atoms with Crippen molar-refractivity contribution in [1.82, 2.24) is 19.7 Å². The van der Waals surface area contributed by atoms with E-state index >= 15 is 0 Å². The van der Waals surface area contributed by atoms with E-state index in [2.05, 4.69) is 36.0 Å². The van der Waals surface area contributed by atoms with E-state index in [1.807, 2.05) is 21.0 Å². The van der Waals surface area contributed by atoms with Gasteiger partial charge in [-0.15, -0.1) is 0 Å². The van der Waals surface area contributed by atoms with Crippen molar-refractivity contribution in [3.05, 3.63) is 41.2 Å². The summed E-state index contributed by atoms with van der Waals surface area (Å²) in [5, 5.41) is 4.98. The van der Waals surface area contributed by atoms with E-state index in [0.717, 1.165) is 27.5 Å². The van der Waals surface area contributed by atoms with E-state index in [-0.39, 0.29) is 5.91 Å². The highest BCUT2D eigenvalue weighted by atomic mass is 32.1. The molecule has 0 aliphatic carbocycles. The van der Waals surface area contributed by atoms with Crippen LogP contribution in [0.3, 0.4) is 0 Å². The molecule has 0 fully saturated rings. The monoisotopic (exact) mass is 371 g/mol. The van der Waals surface area contributed by atoms with Gasteiger partial charge in [0.05, 0.1) is 10.2 Å². The van der Waals surface area contributed by atoms with E-state index in [0.29, 0.717) is 18.8 Å². The first kappa shape index (κ1) is 18.5. The van der Waals surface area contributed by atoms with E-state index in [1.165, 1.54) is 5.56 Å². The van der Waals surface area contributed by atoms with Crippen molar-refractivity contribution in [1.29, 1.82) is 0 Å². The minimum absolute atomic E-state index is 0.0550. The maximum absolute atomic E-state index is 13.3. The highest BCUT2D eigenvalue weighted by Gasteiger charge is 2.24. The van der Waals surface area contributed by atoms with Crippen LogP contribution >= 0.6 is 11.3 Å². The number of aromatic nitrogens is 3. The maximum Gasteiger partial charge on any atom is 0.278 e. The third-order valence-electron chi connectivity index (χ3n) is 4.41. The molecule has 0 bridgehead atoms. The number of rotatable bonds is 6. The van der Waals surface area contributed by atoms with Gasteiger partial charge in [-0.05, 0) is 52.1 Å². The zero-order valence-corrected chi connectivity index (χ0v) is 16.8. The van der Waals surface area contributed by atoms with Crippen LogP contribution in [0.4, 0.5) is 5.13 Å². The van der Waals surface area contributed by atoms with Gasteiger partial charge in [0, 0.05) is 25.8 Å². The molecule has 1 aromatic carbocycles. The van der Waals surface area contributed by atoms with Gasteiger partial charge < -0.3 is 4.90 Å². The summed E-state index contributed by atoms with van der Waals surface area (Å²) < 4.78 is 2.88. The smallest absolute Gasteiger partial charge is 0.278 e. The maximum atomic E-state index is 13.3. The van der Waals surface area contributed by atoms with Crippen molar-refractivity contribution in [3.8, 4) is 0 Å². The molecule has 0 unspecified atom stereocenters. The Kier molecular flexibility index (Phi) is 5.38. The van der Waals surface area contributed by atoms with Crippen LogP contribution in [0.1, 0.15) is 28.5 Å². The van der Waals surface area contributed by atoms with Crippen LogP contribution < -0.4 is 4.90 Å². The van der Waals surface area contributed by atoms with Crippen LogP contribution in [-0.4, -0.2) is 52.8 Å². The fourth-order valence-corrected chi connectivity index (χ4v) is 3.99. The molecule has 26 heavy (non-hydrogen) atoms. The Morgan fingerprint density at radius 3 is 2.54 bits per heavy atom. The van der Waals surface area contributed by atoms with Crippen molar-refractivity contribution in [2.24, 2.45) is 0 Å². The number of anilines is 1. The van der Waals surface area contributed by atoms with Gasteiger partial charge in [0.15, 0.2) is 5.13 Å². The minimum Gasteiger partial charge on any atom is -0.308 e. The number of hydrogen-bond acceptors (Lipinski definition) is 5. The normalized spacial score (nSPS) is 11.5. The second-order valence-corrected chi connectivity index (χ2v) is 7.64. The number of carbonyl (C=O) groups is 1. The number of thiazole rings is 1. The van der Waals surface area contributed by atoms with Crippen LogP contribution in [0, 0.1) is 13.8 Å². The molecule has 0 aliphatic heterocycles. The number of carbonyl (C=O) groups excluding carboxylic acids is 1. The first-order valence-corrected chi connectivity index (χ1v) is 9.59. The second-order valence-electron chi connectivity index (χ2n) is 6.67. The molecule has 0 aliphatic rings. The zero-order valence-electron chi connectivity index (χ0n) is 16.0. The van der Waals surface area contributed by atoms with Crippen LogP contribution in [0.5, 0.6) is 0 Å². The van der Waals surface area contributed by atoms with Gasteiger partial charge in [-0.3, -0.25) is 14.4 Å². The molecule has 138 valence electrons. The molecule has 0 saturated heterocycles. The molecule has 6 nitrogen and oxygen atoms in total. The van der Waals surface area contributed by atoms with Crippen LogP contribution in [0.2, 0.25) is 0 Å². The molecular formula is C19H25N5OS. The van der Waals surface area contributed by atoms with Gasteiger partial charge in [0.2, 0.25) is 0 Å². The standard InChI is InChI=1S/C19H25N5OS/c1-6-24-15(9-10-20-24)18(25)23(12-11-22(4)5)19-21-16-13(2)7-8-14(3)17(16)26-19/h7-10H,6,11-12H2,1-5H3. The Morgan fingerprint density at radius 1 is 1.15 bits per heavy atom. The topological polar surface area (TPSA) is 54.3 Å². The van der Waals surface area contributed by atoms with Gasteiger partial charge in [-0.2, -0.15) is 5.10 Å². The third kappa shape index (κ3) is 3.50. The lowest BCUT2D eigenvalue weighted by Crippen LogP contribution is -2.37. The Balaban J connectivity index is 2.05. The Morgan fingerprint density at radius 2 is 1.88 bits per heavy atom. The van der Waals surface area contributed by atoms with Crippen molar-refractivity contribution in [2.75, 3.05) is 32.1 Å². The summed E-state index contributed by atoms with van der Waals surface area (Å²) in [7, 11) is 4.01. The van der Waals surface area contributed by atoms with Crippen molar-refractivity contribution >= 4 is 32.6 Å². The number of nitrogens with zero attached hydrogens (tertiary/aromatic N) is 5. The van der Waals surface area contributed by atoms with Gasteiger partial charge in [0.1, 0.15) is 5.69 Å². The summed E-state index contributed by atoms with van der Waals surface area (Å²) in [5.74, 6) is -0.0550. The number of benzene rings is 1. The zero-order chi connectivity index (χ0) is 18.8. The average Bonchev–Trinajstić information content (AvgIpc) is 3.25. The largest absolute Gasteiger partial charge is 0.308 e. The molecule has 7 heteroatoms. The molecule has 0 radical (unpaired) electrons. The van der Waals surface area contributed by atoms with Gasteiger partial charge in [-0.25, -0.2) is 4.98 Å². The summed E-state index contributed by atoms with van der Waals surface area (Å²) in [6.07, 6.45) is 1.67. The molecule has 1 amide bonds. The summed E-state index contributed by atoms with van der Waals surface area (Å²) in [5.41, 5.74) is 3.90. The third-order valence-corrected chi connectivity index (χ3v) is 5.63. The minimum atomic E-state index is -0.0550. The highest BCUT2D eigenvalue weighted by molar-refractivity contribution is 7.22. The van der Waals surface area contributed by atoms with E-state index in [9.17, 15) is 4.79 Å². The number of fused-ring (bicyclic) bond motifs is 1. The molecule has 0 N–H and O–H groups in total. The van der Waals surface area contributed by atoms with E-state index in [1.54, 1.807) is 33.2 Å². The predicted octanol–water partition coefficient (Wildman–Crippen LogP) is 3.34. The first-order valence-electron chi connectivity index (χ1n) is 8.77. The number of amides is 1. The highest BCUT2D eigenvalue weighted by Crippen LogP contribution is 2.33. The Bertz CT molecular complexity index is 888. The molecule has 0 spiro atoms. The molecule has 3 rings (SSSR count). The van der Waals surface area contributed by atoms with Crippen LogP contribution in [0.25, 0.3) is 10.2 Å². The lowest BCUT2D eigenvalue weighted by Gasteiger charge is -2.22. The quantitative estimate of drug-likeness (QED) is 0.667. The summed E-state index contributed by atoms with van der Waals surface area (Å²) >= 11 is 1.58. The van der Waals surface area contributed by atoms with Crippen LogP contribution in [-0.2, 0) is 6.54 Å². The Labute approximate surface area is 158 Å². The molecular weight excluding hydrogens is 346 g/mol. The number of likely N-dealkylation sites (N-methyl/N-ethyl adjacent to an activating group) is 1. The predicted molar refractivity (Wildman–Crippen MR) is 107 cm³/mol. The Hall–Kier alpha value is -2.25. The summed E-state index contributed by atoms with van der Waals surface area (Å²) in [6, 6.07) is 5.97. The van der Waals surface area contributed by atoms with Gasteiger partial charge >= 0.3 is 0 Å². The summed E-state index contributed by atoms with van der Waals surface area (Å²) in [4.78, 5) is 21.9. The lowest BCUT2D eigenvalue weighted by molar-refractivity contribution is 0.0975. The SMILES string of the molecule is CCn1nccc1C(=O)N(CCN(C)C)c1nc2c(C)ccc(C)c2s1. The fraction of sp³-hybridized carbons (Fsp3) is 0.421. The van der Waals surface area contributed by atoms with Crippen molar-refractivity contribution in [3.63, 3.8) is 0 Å². The molecule has 2 aromatic heterocycles. The molecule has 3 aromatic rings. The number of aryl methyl sites for hydroxylation is 3. The van der Waals surface area contributed by atoms with E-state index < -0.39 is 0 Å². The van der Waals surface area contributed by atoms with Crippen LogP contribution in [0.15, 0.2) is 24.4 Å². The second kappa shape index (κ2) is 7.55. The first-order chi connectivity index (χ1) is 12.4. The molecule has 0 atom stereocenters. The molecule has 0 saturated carbocycles. The van der Waals surface area contributed by atoms with E-state index in [4.69, 9.17) is 4.98 Å². The van der Waals surface area contributed by atoms with Gasteiger partial charge in [0.25, 0.3) is 5.91 Å². The van der Waals surface area contributed by atoms with Crippen molar-refractivity contribution < 1.29 is 4.79 Å². The van der Waals surface area contributed by atoms with Crippen molar-refractivity contribution in [2.45, 2.75) is 27.3 Å². The fourth-order valence-electron chi connectivity index (χ4n) is 2.85. The lowest BCUT2D eigenvalue weighted by atomic mass is 10.1. The molecule has 2 heterocycles.